The fourth-order valence-corrected chi connectivity index (χ4v) is 2.82. The molecule has 0 bridgehead atoms. The van der Waals surface area contributed by atoms with Gasteiger partial charge in [-0.1, -0.05) is 12.1 Å². The molecule has 1 atom stereocenters. The van der Waals surface area contributed by atoms with Crippen LogP contribution in [0.4, 0.5) is 5.69 Å². The molecular weight excluding hydrogens is 250 g/mol. The van der Waals surface area contributed by atoms with Crippen molar-refractivity contribution in [2.45, 2.75) is 38.3 Å². The monoisotopic (exact) mass is 273 g/mol. The van der Waals surface area contributed by atoms with E-state index in [0.717, 1.165) is 38.5 Å². The van der Waals surface area contributed by atoms with Gasteiger partial charge in [0.25, 0.3) is 0 Å². The van der Waals surface area contributed by atoms with Crippen LogP contribution < -0.4 is 16.0 Å². The molecule has 4 nitrogen and oxygen atoms in total. The van der Waals surface area contributed by atoms with Crippen LogP contribution in [0.3, 0.4) is 0 Å². The molecule has 108 valence electrons. The SMILES string of the molecule is NC(=O)C1CCCN(c2ccc(CNC3CC3)cc2)C1. The van der Waals surface area contributed by atoms with Gasteiger partial charge in [-0.3, -0.25) is 4.79 Å². The van der Waals surface area contributed by atoms with E-state index in [0.29, 0.717) is 0 Å². The maximum absolute atomic E-state index is 11.3. The highest BCUT2D eigenvalue weighted by Crippen LogP contribution is 2.24. The van der Waals surface area contributed by atoms with Gasteiger partial charge in [0.1, 0.15) is 0 Å². The Labute approximate surface area is 120 Å². The lowest BCUT2D eigenvalue weighted by Crippen LogP contribution is -2.41. The van der Waals surface area contributed by atoms with E-state index in [2.05, 4.69) is 34.5 Å². The third kappa shape index (κ3) is 3.31. The average Bonchev–Trinajstić information content (AvgIpc) is 3.30. The molecule has 2 aliphatic rings. The number of benzene rings is 1. The Kier molecular flexibility index (Phi) is 3.92. The maximum atomic E-state index is 11.3. The summed E-state index contributed by atoms with van der Waals surface area (Å²) in [5, 5.41) is 3.52. The second-order valence-electron chi connectivity index (χ2n) is 6.01. The number of nitrogens with one attached hydrogen (secondary N) is 1. The van der Waals surface area contributed by atoms with Crippen molar-refractivity contribution in [2.75, 3.05) is 18.0 Å². The highest BCUT2D eigenvalue weighted by atomic mass is 16.1. The van der Waals surface area contributed by atoms with E-state index >= 15 is 0 Å². The van der Waals surface area contributed by atoms with Gasteiger partial charge in [0, 0.05) is 31.4 Å². The Balaban J connectivity index is 1.59. The molecule has 3 rings (SSSR count). The molecule has 0 radical (unpaired) electrons. The van der Waals surface area contributed by atoms with Crippen molar-refractivity contribution in [3.63, 3.8) is 0 Å². The van der Waals surface area contributed by atoms with Crippen molar-refractivity contribution in [3.05, 3.63) is 29.8 Å². The number of nitrogens with zero attached hydrogens (tertiary/aromatic N) is 1. The summed E-state index contributed by atoms with van der Waals surface area (Å²) in [6.07, 6.45) is 4.61. The smallest absolute Gasteiger partial charge is 0.222 e. The minimum Gasteiger partial charge on any atom is -0.371 e. The van der Waals surface area contributed by atoms with Crippen LogP contribution in [0.25, 0.3) is 0 Å². The first-order valence-electron chi connectivity index (χ1n) is 7.59. The molecular formula is C16H23N3O. The predicted octanol–water partition coefficient (Wildman–Crippen LogP) is 1.64. The lowest BCUT2D eigenvalue weighted by Gasteiger charge is -2.33. The van der Waals surface area contributed by atoms with Crippen molar-refractivity contribution < 1.29 is 4.79 Å². The highest BCUT2D eigenvalue weighted by Gasteiger charge is 2.24. The van der Waals surface area contributed by atoms with E-state index in [4.69, 9.17) is 5.73 Å². The van der Waals surface area contributed by atoms with Crippen molar-refractivity contribution in [1.29, 1.82) is 0 Å². The van der Waals surface area contributed by atoms with Crippen molar-refractivity contribution in [1.82, 2.24) is 5.32 Å². The van der Waals surface area contributed by atoms with Gasteiger partial charge in [0.2, 0.25) is 5.91 Å². The fraction of sp³-hybridized carbons (Fsp3) is 0.562. The number of carbonyl (C=O) groups is 1. The lowest BCUT2D eigenvalue weighted by atomic mass is 9.97. The molecule has 0 aromatic heterocycles. The first-order chi connectivity index (χ1) is 9.72. The fourth-order valence-electron chi connectivity index (χ4n) is 2.82. The zero-order valence-corrected chi connectivity index (χ0v) is 11.8. The molecule has 1 amide bonds. The van der Waals surface area contributed by atoms with Crippen LogP contribution >= 0.6 is 0 Å². The molecule has 4 heteroatoms. The maximum Gasteiger partial charge on any atom is 0.222 e. The largest absolute Gasteiger partial charge is 0.371 e. The van der Waals surface area contributed by atoms with E-state index in [9.17, 15) is 4.79 Å². The van der Waals surface area contributed by atoms with Gasteiger partial charge in [0.15, 0.2) is 0 Å². The second kappa shape index (κ2) is 5.83. The van der Waals surface area contributed by atoms with Crippen molar-refractivity contribution in [3.8, 4) is 0 Å². The number of piperidine rings is 1. The van der Waals surface area contributed by atoms with Crippen LogP contribution in [0.5, 0.6) is 0 Å². The normalized spacial score (nSPS) is 22.8. The Morgan fingerprint density at radius 2 is 2.00 bits per heavy atom. The Morgan fingerprint density at radius 3 is 2.65 bits per heavy atom. The van der Waals surface area contributed by atoms with E-state index in [-0.39, 0.29) is 11.8 Å². The number of amides is 1. The van der Waals surface area contributed by atoms with Crippen LogP contribution in [-0.4, -0.2) is 25.0 Å². The Bertz CT molecular complexity index is 467. The summed E-state index contributed by atoms with van der Waals surface area (Å²) in [7, 11) is 0. The summed E-state index contributed by atoms with van der Waals surface area (Å²) in [5.74, 6) is -0.167. The number of carbonyl (C=O) groups excluding carboxylic acids is 1. The summed E-state index contributed by atoms with van der Waals surface area (Å²) in [6.45, 7) is 2.73. The standard InChI is InChI=1S/C16H23N3O/c17-16(20)13-2-1-9-19(11-13)15-7-3-12(4-8-15)10-18-14-5-6-14/h3-4,7-8,13-14,18H,1-2,5-6,9-11H2,(H2,17,20). The Morgan fingerprint density at radius 1 is 1.25 bits per heavy atom. The molecule has 1 aromatic carbocycles. The first kappa shape index (κ1) is 13.4. The summed E-state index contributed by atoms with van der Waals surface area (Å²) in [4.78, 5) is 13.6. The number of primary amides is 1. The zero-order chi connectivity index (χ0) is 13.9. The molecule has 1 unspecified atom stereocenters. The molecule has 1 aliphatic heterocycles. The van der Waals surface area contributed by atoms with Crippen LogP contribution in [-0.2, 0) is 11.3 Å². The molecule has 1 heterocycles. The van der Waals surface area contributed by atoms with Gasteiger partial charge in [-0.25, -0.2) is 0 Å². The third-order valence-electron chi connectivity index (χ3n) is 4.30. The molecule has 2 fully saturated rings. The highest BCUT2D eigenvalue weighted by molar-refractivity contribution is 5.77. The summed E-state index contributed by atoms with van der Waals surface area (Å²) < 4.78 is 0. The second-order valence-corrected chi connectivity index (χ2v) is 6.01. The van der Waals surface area contributed by atoms with Crippen LogP contribution in [0.1, 0.15) is 31.2 Å². The average molecular weight is 273 g/mol. The van der Waals surface area contributed by atoms with Gasteiger partial charge in [-0.05, 0) is 43.4 Å². The molecule has 1 aliphatic carbocycles. The predicted molar refractivity (Wildman–Crippen MR) is 80.4 cm³/mol. The quantitative estimate of drug-likeness (QED) is 0.857. The molecule has 3 N–H and O–H groups in total. The Hall–Kier alpha value is -1.55. The van der Waals surface area contributed by atoms with Crippen LogP contribution in [0.2, 0.25) is 0 Å². The van der Waals surface area contributed by atoms with E-state index in [1.54, 1.807) is 0 Å². The first-order valence-corrected chi connectivity index (χ1v) is 7.59. The van der Waals surface area contributed by atoms with Gasteiger partial charge in [0.05, 0.1) is 5.92 Å². The number of hydrogen-bond acceptors (Lipinski definition) is 3. The minimum absolute atomic E-state index is 0.0000372. The number of rotatable bonds is 5. The molecule has 1 saturated carbocycles. The van der Waals surface area contributed by atoms with Crippen molar-refractivity contribution in [2.24, 2.45) is 11.7 Å². The summed E-state index contributed by atoms with van der Waals surface area (Å²) >= 11 is 0. The van der Waals surface area contributed by atoms with Gasteiger partial charge in [-0.15, -0.1) is 0 Å². The summed E-state index contributed by atoms with van der Waals surface area (Å²) in [5.41, 5.74) is 7.95. The number of hydrogen-bond donors (Lipinski definition) is 2. The number of anilines is 1. The van der Waals surface area contributed by atoms with Gasteiger partial charge >= 0.3 is 0 Å². The summed E-state index contributed by atoms with van der Waals surface area (Å²) in [6, 6.07) is 9.42. The van der Waals surface area contributed by atoms with Crippen LogP contribution in [0.15, 0.2) is 24.3 Å². The van der Waals surface area contributed by atoms with Crippen LogP contribution in [0, 0.1) is 5.92 Å². The third-order valence-corrected chi connectivity index (χ3v) is 4.30. The van der Waals surface area contributed by atoms with Gasteiger partial charge in [-0.2, -0.15) is 0 Å². The van der Waals surface area contributed by atoms with E-state index < -0.39 is 0 Å². The molecule has 1 saturated heterocycles. The number of nitrogens with two attached hydrogens (primary N) is 1. The molecule has 1 aromatic rings. The van der Waals surface area contributed by atoms with Crippen molar-refractivity contribution >= 4 is 11.6 Å². The molecule has 20 heavy (non-hydrogen) atoms. The van der Waals surface area contributed by atoms with Gasteiger partial charge < -0.3 is 16.0 Å². The lowest BCUT2D eigenvalue weighted by molar-refractivity contribution is -0.122. The zero-order valence-electron chi connectivity index (χ0n) is 11.8. The molecule has 0 spiro atoms. The minimum atomic E-state index is -0.167. The van der Waals surface area contributed by atoms with E-state index in [1.165, 1.54) is 24.1 Å². The van der Waals surface area contributed by atoms with E-state index in [1.807, 2.05) is 0 Å². The topological polar surface area (TPSA) is 58.4 Å².